The SMILES string of the molecule is COC(COC(=O)c1ccc(C2CCC(C)CC2)cc1)c1ccccc1. The van der Waals surface area contributed by atoms with Crippen LogP contribution in [0.5, 0.6) is 0 Å². The molecule has 0 aromatic heterocycles. The Morgan fingerprint density at radius 1 is 1.00 bits per heavy atom. The van der Waals surface area contributed by atoms with E-state index in [4.69, 9.17) is 9.47 Å². The highest BCUT2D eigenvalue weighted by molar-refractivity contribution is 5.89. The van der Waals surface area contributed by atoms with Crippen LogP contribution < -0.4 is 0 Å². The zero-order valence-electron chi connectivity index (χ0n) is 15.7. The predicted octanol–water partition coefficient (Wildman–Crippen LogP) is 5.52. The zero-order valence-corrected chi connectivity index (χ0v) is 15.7. The van der Waals surface area contributed by atoms with Crippen molar-refractivity contribution in [2.24, 2.45) is 5.92 Å². The molecule has 1 atom stereocenters. The minimum Gasteiger partial charge on any atom is -0.459 e. The Balaban J connectivity index is 1.56. The van der Waals surface area contributed by atoms with Crippen LogP contribution in [0.1, 0.15) is 66.1 Å². The first-order valence-electron chi connectivity index (χ1n) is 9.52. The van der Waals surface area contributed by atoms with Crippen molar-refractivity contribution in [2.75, 3.05) is 13.7 Å². The average Bonchev–Trinajstić information content (AvgIpc) is 2.70. The monoisotopic (exact) mass is 352 g/mol. The van der Waals surface area contributed by atoms with Crippen LogP contribution in [-0.4, -0.2) is 19.7 Å². The van der Waals surface area contributed by atoms with Gasteiger partial charge < -0.3 is 9.47 Å². The number of benzene rings is 2. The molecule has 0 bridgehead atoms. The van der Waals surface area contributed by atoms with Gasteiger partial charge in [-0.2, -0.15) is 0 Å². The molecule has 2 aromatic rings. The van der Waals surface area contributed by atoms with Gasteiger partial charge in [0.05, 0.1) is 5.56 Å². The van der Waals surface area contributed by atoms with Crippen LogP contribution >= 0.6 is 0 Å². The smallest absolute Gasteiger partial charge is 0.338 e. The fourth-order valence-electron chi connectivity index (χ4n) is 3.69. The van der Waals surface area contributed by atoms with E-state index >= 15 is 0 Å². The second-order valence-electron chi connectivity index (χ2n) is 7.31. The topological polar surface area (TPSA) is 35.5 Å². The number of hydrogen-bond donors (Lipinski definition) is 0. The molecular formula is C23H28O3. The molecule has 0 aliphatic heterocycles. The van der Waals surface area contributed by atoms with Gasteiger partial charge in [-0.1, -0.05) is 62.2 Å². The molecule has 1 aliphatic rings. The Kier molecular flexibility index (Phi) is 6.45. The van der Waals surface area contributed by atoms with E-state index in [9.17, 15) is 4.79 Å². The van der Waals surface area contributed by atoms with Gasteiger partial charge in [-0.25, -0.2) is 4.79 Å². The van der Waals surface area contributed by atoms with Gasteiger partial charge in [0.2, 0.25) is 0 Å². The van der Waals surface area contributed by atoms with Crippen LogP contribution in [-0.2, 0) is 9.47 Å². The molecule has 0 amide bonds. The third kappa shape index (κ3) is 4.73. The number of methoxy groups -OCH3 is 1. The number of esters is 1. The first-order chi connectivity index (χ1) is 12.7. The van der Waals surface area contributed by atoms with Crippen molar-refractivity contribution in [3.05, 3.63) is 71.3 Å². The highest BCUT2D eigenvalue weighted by Gasteiger charge is 2.20. The summed E-state index contributed by atoms with van der Waals surface area (Å²) in [7, 11) is 1.63. The van der Waals surface area contributed by atoms with E-state index < -0.39 is 0 Å². The lowest BCUT2D eigenvalue weighted by Crippen LogP contribution is -2.15. The number of ether oxygens (including phenoxy) is 2. The molecule has 26 heavy (non-hydrogen) atoms. The maximum absolute atomic E-state index is 12.3. The van der Waals surface area contributed by atoms with E-state index in [2.05, 4.69) is 19.1 Å². The summed E-state index contributed by atoms with van der Waals surface area (Å²) in [6.45, 7) is 2.54. The normalized spacial score (nSPS) is 21.2. The molecule has 3 heteroatoms. The van der Waals surface area contributed by atoms with Crippen LogP contribution in [0.15, 0.2) is 54.6 Å². The van der Waals surface area contributed by atoms with Gasteiger partial charge in [0.25, 0.3) is 0 Å². The molecule has 138 valence electrons. The summed E-state index contributed by atoms with van der Waals surface area (Å²) < 4.78 is 10.9. The van der Waals surface area contributed by atoms with Crippen LogP contribution in [0.3, 0.4) is 0 Å². The van der Waals surface area contributed by atoms with Crippen LogP contribution in [0, 0.1) is 5.92 Å². The molecule has 0 saturated heterocycles. The lowest BCUT2D eigenvalue weighted by Gasteiger charge is -2.26. The second kappa shape index (κ2) is 9.00. The van der Waals surface area contributed by atoms with E-state index in [0.29, 0.717) is 11.5 Å². The Morgan fingerprint density at radius 2 is 1.65 bits per heavy atom. The molecule has 1 fully saturated rings. The molecule has 3 rings (SSSR count). The first-order valence-corrected chi connectivity index (χ1v) is 9.52. The molecule has 0 heterocycles. The third-order valence-electron chi connectivity index (χ3n) is 5.46. The van der Waals surface area contributed by atoms with Crippen molar-refractivity contribution < 1.29 is 14.3 Å². The minimum atomic E-state index is -0.299. The zero-order chi connectivity index (χ0) is 18.4. The molecule has 1 aliphatic carbocycles. The Morgan fingerprint density at radius 3 is 2.27 bits per heavy atom. The molecular weight excluding hydrogens is 324 g/mol. The number of rotatable bonds is 6. The third-order valence-corrected chi connectivity index (χ3v) is 5.46. The number of carbonyl (C=O) groups excluding carboxylic acids is 1. The van der Waals surface area contributed by atoms with Crippen LogP contribution in [0.2, 0.25) is 0 Å². The average molecular weight is 352 g/mol. The summed E-state index contributed by atoms with van der Waals surface area (Å²) in [6, 6.07) is 17.8. The summed E-state index contributed by atoms with van der Waals surface area (Å²) >= 11 is 0. The van der Waals surface area contributed by atoms with Gasteiger partial charge >= 0.3 is 5.97 Å². The van der Waals surface area contributed by atoms with Gasteiger partial charge in [0.15, 0.2) is 0 Å². The molecule has 3 nitrogen and oxygen atoms in total. The fraction of sp³-hybridized carbons (Fsp3) is 0.435. The Bertz CT molecular complexity index is 685. The van der Waals surface area contributed by atoms with Crippen LogP contribution in [0.4, 0.5) is 0 Å². The predicted molar refractivity (Wildman–Crippen MR) is 103 cm³/mol. The molecule has 1 unspecified atom stereocenters. The van der Waals surface area contributed by atoms with Crippen LogP contribution in [0.25, 0.3) is 0 Å². The molecule has 0 radical (unpaired) electrons. The Labute approximate surface area is 156 Å². The van der Waals surface area contributed by atoms with Gasteiger partial charge in [0, 0.05) is 7.11 Å². The maximum Gasteiger partial charge on any atom is 0.338 e. The molecule has 2 aromatic carbocycles. The van der Waals surface area contributed by atoms with E-state index in [0.717, 1.165) is 11.5 Å². The lowest BCUT2D eigenvalue weighted by atomic mass is 9.79. The van der Waals surface area contributed by atoms with Crippen molar-refractivity contribution in [3.8, 4) is 0 Å². The summed E-state index contributed by atoms with van der Waals surface area (Å²) in [5.74, 6) is 1.18. The summed E-state index contributed by atoms with van der Waals surface area (Å²) in [5.41, 5.74) is 2.94. The lowest BCUT2D eigenvalue weighted by molar-refractivity contribution is 0.0101. The number of carbonyl (C=O) groups is 1. The van der Waals surface area contributed by atoms with Crippen molar-refractivity contribution >= 4 is 5.97 Å². The van der Waals surface area contributed by atoms with E-state index in [1.807, 2.05) is 42.5 Å². The second-order valence-corrected chi connectivity index (χ2v) is 7.31. The van der Waals surface area contributed by atoms with Crippen molar-refractivity contribution in [1.29, 1.82) is 0 Å². The summed E-state index contributed by atoms with van der Waals surface area (Å²) in [6.07, 6.45) is 4.84. The molecule has 0 spiro atoms. The van der Waals surface area contributed by atoms with Crippen molar-refractivity contribution in [2.45, 2.75) is 44.6 Å². The fourth-order valence-corrected chi connectivity index (χ4v) is 3.69. The molecule has 1 saturated carbocycles. The van der Waals surface area contributed by atoms with Crippen molar-refractivity contribution in [3.63, 3.8) is 0 Å². The highest BCUT2D eigenvalue weighted by Crippen LogP contribution is 2.35. The molecule has 0 N–H and O–H groups in total. The van der Waals surface area contributed by atoms with Gasteiger partial charge in [0.1, 0.15) is 12.7 Å². The van der Waals surface area contributed by atoms with Gasteiger partial charge in [-0.05, 0) is 47.9 Å². The largest absolute Gasteiger partial charge is 0.459 e. The standard InChI is InChI=1S/C23H28O3/c1-17-8-10-18(11-9-17)19-12-14-21(15-13-19)23(24)26-16-22(25-2)20-6-4-3-5-7-20/h3-7,12-15,17-18,22H,8-11,16H2,1-2H3. The quantitative estimate of drug-likeness (QED) is 0.642. The van der Waals surface area contributed by atoms with Crippen molar-refractivity contribution in [1.82, 2.24) is 0 Å². The summed E-state index contributed by atoms with van der Waals surface area (Å²) in [5, 5.41) is 0. The van der Waals surface area contributed by atoms with E-state index in [1.165, 1.54) is 31.2 Å². The maximum atomic E-state index is 12.3. The summed E-state index contributed by atoms with van der Waals surface area (Å²) in [4.78, 5) is 12.3. The first kappa shape index (κ1) is 18.7. The van der Waals surface area contributed by atoms with Gasteiger partial charge in [-0.3, -0.25) is 0 Å². The minimum absolute atomic E-state index is 0.210. The Hall–Kier alpha value is -2.13. The highest BCUT2D eigenvalue weighted by atomic mass is 16.6. The van der Waals surface area contributed by atoms with E-state index in [1.54, 1.807) is 7.11 Å². The number of hydrogen-bond acceptors (Lipinski definition) is 3. The van der Waals surface area contributed by atoms with Gasteiger partial charge in [-0.15, -0.1) is 0 Å². The van der Waals surface area contributed by atoms with E-state index in [-0.39, 0.29) is 18.7 Å².